The fourth-order valence-electron chi connectivity index (χ4n) is 2.42. The van der Waals surface area contributed by atoms with Gasteiger partial charge in [-0.25, -0.2) is 0 Å². The molecule has 3 amide bonds. The average molecular weight is 367 g/mol. The van der Waals surface area contributed by atoms with Gasteiger partial charge in [-0.2, -0.15) is 0 Å². The first-order valence-electron chi connectivity index (χ1n) is 9.04. The van der Waals surface area contributed by atoms with Crippen molar-refractivity contribution in [2.24, 2.45) is 0 Å². The third-order valence-electron chi connectivity index (χ3n) is 4.16. The molecule has 1 atom stereocenters. The SMILES string of the molecule is CC[C@@H](C)NC(=O)C(=O)Nc1ccccc1C(=O)NCCc1ccccc1. The maximum absolute atomic E-state index is 12.5. The second-order valence-corrected chi connectivity index (χ2v) is 6.27. The highest BCUT2D eigenvalue weighted by molar-refractivity contribution is 6.40. The molecule has 2 aromatic rings. The van der Waals surface area contributed by atoms with Crippen LogP contribution in [0, 0.1) is 0 Å². The number of nitrogens with one attached hydrogen (secondary N) is 3. The Balaban J connectivity index is 1.96. The van der Waals surface area contributed by atoms with Gasteiger partial charge in [0.15, 0.2) is 0 Å². The van der Waals surface area contributed by atoms with Gasteiger partial charge in [-0.05, 0) is 37.5 Å². The van der Waals surface area contributed by atoms with Crippen molar-refractivity contribution < 1.29 is 14.4 Å². The predicted octanol–water partition coefficient (Wildman–Crippen LogP) is 2.51. The van der Waals surface area contributed by atoms with Gasteiger partial charge in [0.1, 0.15) is 0 Å². The van der Waals surface area contributed by atoms with Crippen LogP contribution in [-0.2, 0) is 16.0 Å². The lowest BCUT2D eigenvalue weighted by atomic mass is 10.1. The lowest BCUT2D eigenvalue weighted by molar-refractivity contribution is -0.136. The molecule has 0 bridgehead atoms. The Labute approximate surface area is 159 Å². The van der Waals surface area contributed by atoms with Crippen molar-refractivity contribution in [2.75, 3.05) is 11.9 Å². The van der Waals surface area contributed by atoms with Crippen LogP contribution >= 0.6 is 0 Å². The summed E-state index contributed by atoms with van der Waals surface area (Å²) in [6.45, 7) is 4.21. The minimum absolute atomic E-state index is 0.0974. The summed E-state index contributed by atoms with van der Waals surface area (Å²) >= 11 is 0. The van der Waals surface area contributed by atoms with E-state index in [1.165, 1.54) is 0 Å². The molecule has 0 saturated carbocycles. The van der Waals surface area contributed by atoms with Gasteiger partial charge in [0.05, 0.1) is 11.3 Å². The van der Waals surface area contributed by atoms with E-state index in [9.17, 15) is 14.4 Å². The summed E-state index contributed by atoms with van der Waals surface area (Å²) in [6, 6.07) is 16.4. The van der Waals surface area contributed by atoms with E-state index in [1.54, 1.807) is 24.3 Å². The normalized spacial score (nSPS) is 11.3. The summed E-state index contributed by atoms with van der Waals surface area (Å²) in [5.41, 5.74) is 1.75. The molecule has 0 unspecified atom stereocenters. The molecule has 0 aliphatic heterocycles. The summed E-state index contributed by atoms with van der Waals surface area (Å²) in [4.78, 5) is 36.5. The van der Waals surface area contributed by atoms with E-state index in [0.29, 0.717) is 24.2 Å². The van der Waals surface area contributed by atoms with Crippen LogP contribution < -0.4 is 16.0 Å². The summed E-state index contributed by atoms with van der Waals surface area (Å²) in [5.74, 6) is -1.81. The van der Waals surface area contributed by atoms with Gasteiger partial charge in [-0.1, -0.05) is 49.4 Å². The van der Waals surface area contributed by atoms with Crippen molar-refractivity contribution >= 4 is 23.4 Å². The number of carbonyl (C=O) groups is 3. The van der Waals surface area contributed by atoms with Gasteiger partial charge >= 0.3 is 11.8 Å². The highest BCUT2D eigenvalue weighted by Crippen LogP contribution is 2.15. The minimum atomic E-state index is -0.792. The van der Waals surface area contributed by atoms with E-state index in [0.717, 1.165) is 12.0 Å². The molecule has 6 heteroatoms. The predicted molar refractivity (Wildman–Crippen MR) is 105 cm³/mol. The van der Waals surface area contributed by atoms with E-state index in [1.807, 2.05) is 44.2 Å². The Kier molecular flexibility index (Phi) is 7.55. The van der Waals surface area contributed by atoms with Crippen molar-refractivity contribution in [3.8, 4) is 0 Å². The summed E-state index contributed by atoms with van der Waals surface area (Å²) in [7, 11) is 0. The number of carbonyl (C=O) groups excluding carboxylic acids is 3. The van der Waals surface area contributed by atoms with Crippen LogP contribution in [0.5, 0.6) is 0 Å². The van der Waals surface area contributed by atoms with Crippen LogP contribution in [-0.4, -0.2) is 30.3 Å². The minimum Gasteiger partial charge on any atom is -0.352 e. The Bertz CT molecular complexity index is 790. The first-order chi connectivity index (χ1) is 13.0. The standard InChI is InChI=1S/C21H25N3O3/c1-3-15(2)23-20(26)21(27)24-18-12-8-7-11-17(18)19(25)22-14-13-16-9-5-4-6-10-16/h4-12,15H,3,13-14H2,1-2H3,(H,22,25)(H,23,26)(H,24,27)/t15-/m1/s1. The van der Waals surface area contributed by atoms with Gasteiger partial charge < -0.3 is 16.0 Å². The van der Waals surface area contributed by atoms with E-state index in [-0.39, 0.29) is 11.9 Å². The second kappa shape index (κ2) is 10.1. The van der Waals surface area contributed by atoms with Crippen molar-refractivity contribution in [3.05, 3.63) is 65.7 Å². The summed E-state index contributed by atoms with van der Waals surface area (Å²) in [5, 5.41) is 7.96. The van der Waals surface area contributed by atoms with Crippen LogP contribution in [0.4, 0.5) is 5.69 Å². The fraction of sp³-hybridized carbons (Fsp3) is 0.286. The van der Waals surface area contributed by atoms with Crippen molar-refractivity contribution in [1.29, 1.82) is 0 Å². The second-order valence-electron chi connectivity index (χ2n) is 6.27. The molecule has 0 heterocycles. The molecule has 0 fully saturated rings. The molecular formula is C21H25N3O3. The molecule has 2 aromatic carbocycles. The fourth-order valence-corrected chi connectivity index (χ4v) is 2.42. The molecule has 0 saturated heterocycles. The quantitative estimate of drug-likeness (QED) is 0.657. The van der Waals surface area contributed by atoms with Crippen LogP contribution in [0.1, 0.15) is 36.2 Å². The molecule has 0 aromatic heterocycles. The van der Waals surface area contributed by atoms with Crippen LogP contribution in [0.15, 0.2) is 54.6 Å². The molecule has 27 heavy (non-hydrogen) atoms. The van der Waals surface area contributed by atoms with Crippen molar-refractivity contribution in [1.82, 2.24) is 10.6 Å². The molecule has 142 valence electrons. The first-order valence-corrected chi connectivity index (χ1v) is 9.04. The highest BCUT2D eigenvalue weighted by Gasteiger charge is 2.18. The number of anilines is 1. The van der Waals surface area contributed by atoms with Gasteiger partial charge in [0.2, 0.25) is 0 Å². The number of hydrogen-bond donors (Lipinski definition) is 3. The van der Waals surface area contributed by atoms with E-state index >= 15 is 0 Å². The Morgan fingerprint density at radius 3 is 2.30 bits per heavy atom. The Morgan fingerprint density at radius 1 is 0.926 bits per heavy atom. The zero-order valence-electron chi connectivity index (χ0n) is 15.6. The molecule has 0 aliphatic carbocycles. The maximum Gasteiger partial charge on any atom is 0.313 e. The number of amides is 3. The zero-order chi connectivity index (χ0) is 19.6. The summed E-state index contributed by atoms with van der Waals surface area (Å²) < 4.78 is 0. The van der Waals surface area contributed by atoms with Crippen molar-refractivity contribution in [3.63, 3.8) is 0 Å². The van der Waals surface area contributed by atoms with Gasteiger partial charge in [0.25, 0.3) is 5.91 Å². The molecule has 0 aliphatic rings. The molecular weight excluding hydrogens is 342 g/mol. The average Bonchev–Trinajstić information content (AvgIpc) is 2.68. The summed E-state index contributed by atoms with van der Waals surface area (Å²) in [6.07, 6.45) is 1.43. The lowest BCUT2D eigenvalue weighted by Gasteiger charge is -2.13. The third kappa shape index (κ3) is 6.26. The lowest BCUT2D eigenvalue weighted by Crippen LogP contribution is -2.40. The molecule has 0 spiro atoms. The number of rotatable bonds is 7. The van der Waals surface area contributed by atoms with Crippen LogP contribution in [0.3, 0.4) is 0 Å². The topological polar surface area (TPSA) is 87.3 Å². The zero-order valence-corrected chi connectivity index (χ0v) is 15.6. The number of para-hydroxylation sites is 1. The van der Waals surface area contributed by atoms with Crippen LogP contribution in [0.25, 0.3) is 0 Å². The molecule has 6 nitrogen and oxygen atoms in total. The van der Waals surface area contributed by atoms with Gasteiger partial charge in [-0.3, -0.25) is 14.4 Å². The molecule has 3 N–H and O–H groups in total. The van der Waals surface area contributed by atoms with Gasteiger partial charge in [0, 0.05) is 12.6 Å². The largest absolute Gasteiger partial charge is 0.352 e. The molecule has 2 rings (SSSR count). The number of benzene rings is 2. The maximum atomic E-state index is 12.5. The van der Waals surface area contributed by atoms with E-state index < -0.39 is 11.8 Å². The monoisotopic (exact) mass is 367 g/mol. The third-order valence-corrected chi connectivity index (χ3v) is 4.16. The number of hydrogen-bond acceptors (Lipinski definition) is 3. The molecule has 0 radical (unpaired) electrons. The first kappa shape index (κ1) is 20.2. The van der Waals surface area contributed by atoms with Crippen molar-refractivity contribution in [2.45, 2.75) is 32.7 Å². The van der Waals surface area contributed by atoms with Gasteiger partial charge in [-0.15, -0.1) is 0 Å². The van der Waals surface area contributed by atoms with Crippen LogP contribution in [0.2, 0.25) is 0 Å². The van der Waals surface area contributed by atoms with E-state index in [2.05, 4.69) is 16.0 Å². The smallest absolute Gasteiger partial charge is 0.313 e. The Hall–Kier alpha value is -3.15. The Morgan fingerprint density at radius 2 is 1.59 bits per heavy atom. The highest BCUT2D eigenvalue weighted by atomic mass is 16.2. The van der Waals surface area contributed by atoms with E-state index in [4.69, 9.17) is 0 Å².